The van der Waals surface area contributed by atoms with Crippen LogP contribution in [0.5, 0.6) is 5.75 Å². The number of alkyl halides is 3. The van der Waals surface area contributed by atoms with Crippen molar-refractivity contribution in [2.75, 3.05) is 39.8 Å². The van der Waals surface area contributed by atoms with Crippen LogP contribution < -0.4 is 15.4 Å². The SMILES string of the molecule is COc1ccccc1CCC(=O)NCC(N1CCNCC1)C(F)(F)F.Cl. The lowest BCUT2D eigenvalue weighted by Crippen LogP contribution is -2.57. The second kappa shape index (κ2) is 10.6. The first-order chi connectivity index (χ1) is 11.9. The van der Waals surface area contributed by atoms with Gasteiger partial charge in [0.15, 0.2) is 0 Å². The van der Waals surface area contributed by atoms with Crippen LogP contribution in [-0.2, 0) is 11.2 Å². The first-order valence-corrected chi connectivity index (χ1v) is 8.32. The molecule has 0 bridgehead atoms. The quantitative estimate of drug-likeness (QED) is 0.741. The number of piperazine rings is 1. The van der Waals surface area contributed by atoms with E-state index in [9.17, 15) is 18.0 Å². The third-order valence-electron chi connectivity index (χ3n) is 4.28. The number of nitrogens with zero attached hydrogens (tertiary/aromatic N) is 1. The second-order valence-corrected chi connectivity index (χ2v) is 5.96. The van der Waals surface area contributed by atoms with Crippen LogP contribution in [0, 0.1) is 0 Å². The topological polar surface area (TPSA) is 53.6 Å². The Hall–Kier alpha value is -1.51. The molecule has 26 heavy (non-hydrogen) atoms. The van der Waals surface area contributed by atoms with E-state index in [1.807, 2.05) is 18.2 Å². The molecule has 9 heteroatoms. The van der Waals surface area contributed by atoms with Gasteiger partial charge in [-0.3, -0.25) is 9.69 Å². The summed E-state index contributed by atoms with van der Waals surface area (Å²) in [5.74, 6) is 0.277. The largest absolute Gasteiger partial charge is 0.496 e. The molecule has 0 aliphatic carbocycles. The van der Waals surface area contributed by atoms with Crippen LogP contribution in [0.3, 0.4) is 0 Å². The summed E-state index contributed by atoms with van der Waals surface area (Å²) in [7, 11) is 1.54. The van der Waals surface area contributed by atoms with Crippen LogP contribution in [0.2, 0.25) is 0 Å². The minimum Gasteiger partial charge on any atom is -0.496 e. The van der Waals surface area contributed by atoms with Crippen molar-refractivity contribution in [1.82, 2.24) is 15.5 Å². The first-order valence-electron chi connectivity index (χ1n) is 8.32. The Bertz CT molecular complexity index is 566. The highest BCUT2D eigenvalue weighted by Gasteiger charge is 2.43. The van der Waals surface area contributed by atoms with Crippen LogP contribution in [0.1, 0.15) is 12.0 Å². The molecule has 0 radical (unpaired) electrons. The van der Waals surface area contributed by atoms with E-state index in [4.69, 9.17) is 4.74 Å². The molecule has 0 aromatic heterocycles. The van der Waals surface area contributed by atoms with E-state index in [1.165, 1.54) is 4.90 Å². The molecule has 1 aliphatic rings. The first kappa shape index (κ1) is 22.5. The Labute approximate surface area is 157 Å². The number of halogens is 4. The van der Waals surface area contributed by atoms with Crippen molar-refractivity contribution in [3.8, 4) is 5.75 Å². The van der Waals surface area contributed by atoms with Crippen LogP contribution >= 0.6 is 12.4 Å². The summed E-state index contributed by atoms with van der Waals surface area (Å²) in [4.78, 5) is 13.4. The average molecular weight is 396 g/mol. The van der Waals surface area contributed by atoms with Crippen LogP contribution in [0.15, 0.2) is 24.3 Å². The van der Waals surface area contributed by atoms with Crippen molar-refractivity contribution < 1.29 is 22.7 Å². The van der Waals surface area contributed by atoms with E-state index in [0.717, 1.165) is 5.56 Å². The third-order valence-corrected chi connectivity index (χ3v) is 4.28. The number of ether oxygens (including phenoxy) is 1. The summed E-state index contributed by atoms with van der Waals surface area (Å²) in [5.41, 5.74) is 0.856. The molecule has 1 amide bonds. The van der Waals surface area contributed by atoms with Gasteiger partial charge in [0.2, 0.25) is 5.91 Å². The molecule has 1 unspecified atom stereocenters. The molecule has 0 saturated carbocycles. The highest BCUT2D eigenvalue weighted by atomic mass is 35.5. The Balaban J connectivity index is 0.00000338. The number of carbonyl (C=O) groups excluding carboxylic acids is 1. The number of carbonyl (C=O) groups is 1. The molecule has 5 nitrogen and oxygen atoms in total. The fraction of sp³-hybridized carbons (Fsp3) is 0.588. The van der Waals surface area contributed by atoms with Gasteiger partial charge in [0.05, 0.1) is 7.11 Å². The molecular weight excluding hydrogens is 371 g/mol. The van der Waals surface area contributed by atoms with Crippen molar-refractivity contribution in [3.05, 3.63) is 29.8 Å². The van der Waals surface area contributed by atoms with Crippen LogP contribution in [0.25, 0.3) is 0 Å². The molecule has 0 spiro atoms. The lowest BCUT2D eigenvalue weighted by atomic mass is 10.1. The Morgan fingerprint density at radius 2 is 1.96 bits per heavy atom. The zero-order chi connectivity index (χ0) is 18.3. The molecule has 2 rings (SSSR count). The number of para-hydroxylation sites is 1. The van der Waals surface area contributed by atoms with Gasteiger partial charge in [-0.25, -0.2) is 0 Å². The van der Waals surface area contributed by atoms with Gasteiger partial charge in [-0.15, -0.1) is 12.4 Å². The maximum atomic E-state index is 13.3. The smallest absolute Gasteiger partial charge is 0.405 e. The van der Waals surface area contributed by atoms with E-state index in [0.29, 0.717) is 38.3 Å². The summed E-state index contributed by atoms with van der Waals surface area (Å²) >= 11 is 0. The minimum atomic E-state index is -4.37. The monoisotopic (exact) mass is 395 g/mol. The van der Waals surface area contributed by atoms with Gasteiger partial charge in [0.1, 0.15) is 11.8 Å². The molecule has 1 fully saturated rings. The maximum absolute atomic E-state index is 13.3. The third kappa shape index (κ3) is 6.66. The predicted octanol–water partition coefficient (Wildman–Crippen LogP) is 2.00. The number of hydrogen-bond acceptors (Lipinski definition) is 4. The number of rotatable bonds is 7. The van der Waals surface area contributed by atoms with Gasteiger partial charge in [0, 0.05) is 39.1 Å². The molecule has 1 saturated heterocycles. The average Bonchev–Trinajstić information content (AvgIpc) is 2.60. The molecule has 1 aromatic rings. The van der Waals surface area contributed by atoms with E-state index < -0.39 is 24.7 Å². The molecule has 1 aliphatic heterocycles. The molecular formula is C17H25ClF3N3O2. The Morgan fingerprint density at radius 3 is 2.58 bits per heavy atom. The van der Waals surface area contributed by atoms with Crippen molar-refractivity contribution >= 4 is 18.3 Å². The summed E-state index contributed by atoms with van der Waals surface area (Å²) < 4.78 is 45.0. The van der Waals surface area contributed by atoms with Gasteiger partial charge >= 0.3 is 6.18 Å². The van der Waals surface area contributed by atoms with Gasteiger partial charge < -0.3 is 15.4 Å². The highest BCUT2D eigenvalue weighted by molar-refractivity contribution is 5.85. The molecule has 1 aromatic carbocycles. The van der Waals surface area contributed by atoms with Crippen molar-refractivity contribution in [3.63, 3.8) is 0 Å². The van der Waals surface area contributed by atoms with E-state index >= 15 is 0 Å². The number of benzene rings is 1. The number of methoxy groups -OCH3 is 1. The minimum absolute atomic E-state index is 0. The highest BCUT2D eigenvalue weighted by Crippen LogP contribution is 2.25. The number of amides is 1. The fourth-order valence-corrected chi connectivity index (χ4v) is 2.90. The normalized spacial score (nSPS) is 16.5. The number of hydrogen-bond donors (Lipinski definition) is 2. The molecule has 2 N–H and O–H groups in total. The van der Waals surface area contributed by atoms with E-state index in [-0.39, 0.29) is 18.8 Å². The Kier molecular flexibility index (Phi) is 9.18. The van der Waals surface area contributed by atoms with Gasteiger partial charge in [-0.05, 0) is 18.1 Å². The Morgan fingerprint density at radius 1 is 1.31 bits per heavy atom. The second-order valence-electron chi connectivity index (χ2n) is 5.96. The van der Waals surface area contributed by atoms with Gasteiger partial charge in [0.25, 0.3) is 0 Å². The predicted molar refractivity (Wildman–Crippen MR) is 95.9 cm³/mol. The summed E-state index contributed by atoms with van der Waals surface area (Å²) in [6.07, 6.45) is -3.83. The zero-order valence-corrected chi connectivity index (χ0v) is 15.5. The molecule has 1 atom stereocenters. The fourth-order valence-electron chi connectivity index (χ4n) is 2.90. The molecule has 148 valence electrons. The zero-order valence-electron chi connectivity index (χ0n) is 14.6. The van der Waals surface area contributed by atoms with E-state index in [2.05, 4.69) is 10.6 Å². The van der Waals surface area contributed by atoms with Gasteiger partial charge in [-0.1, -0.05) is 18.2 Å². The lowest BCUT2D eigenvalue weighted by molar-refractivity contribution is -0.184. The van der Waals surface area contributed by atoms with Gasteiger partial charge in [-0.2, -0.15) is 13.2 Å². The molecule has 1 heterocycles. The summed E-state index contributed by atoms with van der Waals surface area (Å²) in [5, 5.41) is 5.46. The van der Waals surface area contributed by atoms with Crippen LogP contribution in [-0.4, -0.2) is 62.9 Å². The lowest BCUT2D eigenvalue weighted by Gasteiger charge is -2.35. The number of nitrogens with one attached hydrogen (secondary N) is 2. The maximum Gasteiger partial charge on any atom is 0.405 e. The van der Waals surface area contributed by atoms with Crippen molar-refractivity contribution in [2.24, 2.45) is 0 Å². The summed E-state index contributed by atoms with van der Waals surface area (Å²) in [6, 6.07) is 5.64. The van der Waals surface area contributed by atoms with E-state index in [1.54, 1.807) is 13.2 Å². The van der Waals surface area contributed by atoms with Crippen LogP contribution in [0.4, 0.5) is 13.2 Å². The van der Waals surface area contributed by atoms with Crippen molar-refractivity contribution in [1.29, 1.82) is 0 Å². The standard InChI is InChI=1S/C17H24F3N3O2.ClH/c1-25-14-5-3-2-4-13(14)6-7-16(24)22-12-15(17(18,19)20)23-10-8-21-9-11-23;/h2-5,15,21H,6-12H2,1H3,(H,22,24);1H. The van der Waals surface area contributed by atoms with Crippen molar-refractivity contribution in [2.45, 2.75) is 25.1 Å². The number of aryl methyl sites for hydroxylation is 1. The summed E-state index contributed by atoms with van der Waals surface area (Å²) in [6.45, 7) is 1.26.